The highest BCUT2D eigenvalue weighted by atomic mass is 19.4. The number of nitrogens with one attached hydrogen (secondary N) is 3. The Balaban J connectivity index is 1.50. The van der Waals surface area contributed by atoms with Crippen molar-refractivity contribution < 1.29 is 22.8 Å². The lowest BCUT2D eigenvalue weighted by atomic mass is 10.1. The lowest BCUT2D eigenvalue weighted by molar-refractivity contribution is -0.138. The van der Waals surface area contributed by atoms with Gasteiger partial charge in [0.1, 0.15) is 13.1 Å². The van der Waals surface area contributed by atoms with Crippen LogP contribution in [0.3, 0.4) is 0 Å². The summed E-state index contributed by atoms with van der Waals surface area (Å²) in [4.78, 5) is 25.8. The lowest BCUT2D eigenvalue weighted by Gasteiger charge is -2.16. The molecule has 7 nitrogen and oxygen atoms in total. The van der Waals surface area contributed by atoms with Gasteiger partial charge in [-0.25, -0.2) is 0 Å². The van der Waals surface area contributed by atoms with Gasteiger partial charge in [-0.05, 0) is 29.8 Å². The largest absolute Gasteiger partial charge is 0.405 e. The zero-order valence-electron chi connectivity index (χ0n) is 15.0. The van der Waals surface area contributed by atoms with Crippen LogP contribution in [0.4, 0.5) is 24.5 Å². The van der Waals surface area contributed by atoms with Crippen LogP contribution in [-0.2, 0) is 11.3 Å². The molecule has 150 valence electrons. The quantitative estimate of drug-likeness (QED) is 0.611. The molecule has 3 aromatic rings. The Morgan fingerprint density at radius 1 is 1.24 bits per heavy atom. The summed E-state index contributed by atoms with van der Waals surface area (Å²) in [6.07, 6.45) is -2.82. The van der Waals surface area contributed by atoms with Crippen LogP contribution >= 0.6 is 0 Å². The monoisotopic (exact) mass is 403 g/mol. The van der Waals surface area contributed by atoms with E-state index in [0.717, 1.165) is 16.6 Å². The molecule has 2 amide bonds. The molecule has 0 radical (unpaired) electrons. The minimum atomic E-state index is -4.50. The third-order valence-electron chi connectivity index (χ3n) is 4.55. The first-order valence-corrected chi connectivity index (χ1v) is 8.75. The highest BCUT2D eigenvalue weighted by Crippen LogP contribution is 2.31. The van der Waals surface area contributed by atoms with Crippen molar-refractivity contribution in [2.24, 2.45) is 0 Å². The van der Waals surface area contributed by atoms with Crippen molar-refractivity contribution in [2.45, 2.75) is 12.7 Å². The minimum absolute atomic E-state index is 0.157. The Bertz CT molecular complexity index is 1090. The van der Waals surface area contributed by atoms with Gasteiger partial charge >= 0.3 is 6.18 Å². The molecule has 10 heteroatoms. The van der Waals surface area contributed by atoms with E-state index >= 15 is 0 Å². The predicted molar refractivity (Wildman–Crippen MR) is 99.6 cm³/mol. The number of hydrogen-bond donors (Lipinski definition) is 3. The molecule has 4 rings (SSSR count). The second-order valence-electron chi connectivity index (χ2n) is 6.69. The highest BCUT2D eigenvalue weighted by molar-refractivity contribution is 6.05. The summed E-state index contributed by atoms with van der Waals surface area (Å²) in [5.74, 6) is -1.27. The van der Waals surface area contributed by atoms with Gasteiger partial charge in [0.15, 0.2) is 0 Å². The van der Waals surface area contributed by atoms with Gasteiger partial charge in [0.2, 0.25) is 5.91 Å². The van der Waals surface area contributed by atoms with E-state index < -0.39 is 31.1 Å². The Morgan fingerprint density at radius 2 is 2.07 bits per heavy atom. The fourth-order valence-electron chi connectivity index (χ4n) is 3.26. The molecule has 29 heavy (non-hydrogen) atoms. The molecule has 0 atom stereocenters. The number of halogens is 3. The second-order valence-corrected chi connectivity index (χ2v) is 6.69. The molecule has 0 saturated heterocycles. The Morgan fingerprint density at radius 3 is 2.86 bits per heavy atom. The zero-order chi connectivity index (χ0) is 20.6. The number of alkyl halides is 3. The molecule has 0 unspecified atom stereocenters. The summed E-state index contributed by atoms with van der Waals surface area (Å²) in [6, 6.07) is 10.8. The van der Waals surface area contributed by atoms with Crippen LogP contribution < -0.4 is 10.6 Å². The first-order chi connectivity index (χ1) is 13.8. The van der Waals surface area contributed by atoms with Gasteiger partial charge in [-0.2, -0.15) is 18.3 Å². The van der Waals surface area contributed by atoms with Gasteiger partial charge in [0.05, 0.1) is 23.0 Å². The van der Waals surface area contributed by atoms with Crippen molar-refractivity contribution in [3.05, 3.63) is 53.7 Å². The van der Waals surface area contributed by atoms with Crippen molar-refractivity contribution in [3.8, 4) is 0 Å². The van der Waals surface area contributed by atoms with Gasteiger partial charge in [0, 0.05) is 17.6 Å². The molecule has 1 aliphatic heterocycles. The molecule has 0 saturated carbocycles. The fraction of sp³-hybridized carbons (Fsp3) is 0.211. The lowest BCUT2D eigenvalue weighted by Crippen LogP contribution is -2.41. The minimum Gasteiger partial charge on any atom is -0.355 e. The Kier molecular flexibility index (Phi) is 4.61. The van der Waals surface area contributed by atoms with Crippen LogP contribution in [0, 0.1) is 0 Å². The summed E-state index contributed by atoms with van der Waals surface area (Å²) in [5, 5.41) is 12.7. The summed E-state index contributed by atoms with van der Waals surface area (Å²) in [7, 11) is 0. The number of anilines is 2. The number of carbonyl (C=O) groups is 2. The van der Waals surface area contributed by atoms with E-state index in [1.165, 1.54) is 4.90 Å². The van der Waals surface area contributed by atoms with E-state index in [9.17, 15) is 22.8 Å². The molecule has 0 spiro atoms. The van der Waals surface area contributed by atoms with E-state index in [1.807, 2.05) is 18.2 Å². The SMILES string of the molecule is O=C(CN1Cc2cccc(Nc3ccc4[nH]ncc4c3)c2C1=O)NCC(F)(F)F. The number of aromatic nitrogens is 2. The van der Waals surface area contributed by atoms with Crippen molar-refractivity contribution in [1.29, 1.82) is 0 Å². The number of carbonyl (C=O) groups excluding carboxylic acids is 2. The maximum Gasteiger partial charge on any atom is 0.405 e. The molecular weight excluding hydrogens is 387 g/mol. The van der Waals surface area contributed by atoms with Gasteiger partial charge in [-0.1, -0.05) is 12.1 Å². The number of fused-ring (bicyclic) bond motifs is 2. The normalized spacial score (nSPS) is 13.6. The van der Waals surface area contributed by atoms with Crippen LogP contribution in [0.5, 0.6) is 0 Å². The van der Waals surface area contributed by atoms with E-state index in [1.54, 1.807) is 29.7 Å². The maximum atomic E-state index is 12.8. The summed E-state index contributed by atoms with van der Waals surface area (Å²) >= 11 is 0. The number of hydrogen-bond acceptors (Lipinski definition) is 4. The predicted octanol–water partition coefficient (Wildman–Crippen LogP) is 2.94. The van der Waals surface area contributed by atoms with E-state index in [4.69, 9.17) is 0 Å². The second kappa shape index (κ2) is 7.12. The smallest absolute Gasteiger partial charge is 0.355 e. The fourth-order valence-corrected chi connectivity index (χ4v) is 3.26. The third kappa shape index (κ3) is 4.00. The van der Waals surface area contributed by atoms with Crippen molar-refractivity contribution in [2.75, 3.05) is 18.4 Å². The van der Waals surface area contributed by atoms with Crippen LogP contribution in [0.1, 0.15) is 15.9 Å². The van der Waals surface area contributed by atoms with E-state index in [-0.39, 0.29) is 6.54 Å². The summed E-state index contributed by atoms with van der Waals surface area (Å²) < 4.78 is 36.7. The topological polar surface area (TPSA) is 90.1 Å². The molecule has 3 N–H and O–H groups in total. The Hall–Kier alpha value is -3.56. The highest BCUT2D eigenvalue weighted by Gasteiger charge is 2.32. The first kappa shape index (κ1) is 18.8. The van der Waals surface area contributed by atoms with E-state index in [2.05, 4.69) is 15.5 Å². The number of rotatable bonds is 5. The number of nitrogens with zero attached hydrogens (tertiary/aromatic N) is 2. The van der Waals surface area contributed by atoms with Gasteiger partial charge in [-0.3, -0.25) is 14.7 Å². The molecule has 2 aromatic carbocycles. The number of amides is 2. The van der Waals surface area contributed by atoms with Crippen molar-refractivity contribution >= 4 is 34.1 Å². The summed E-state index contributed by atoms with van der Waals surface area (Å²) in [5.41, 5.74) is 3.30. The van der Waals surface area contributed by atoms with Gasteiger partial charge in [0.25, 0.3) is 5.91 Å². The van der Waals surface area contributed by atoms with Crippen LogP contribution in [0.25, 0.3) is 10.9 Å². The zero-order valence-corrected chi connectivity index (χ0v) is 15.0. The van der Waals surface area contributed by atoms with Crippen molar-refractivity contribution in [3.63, 3.8) is 0 Å². The molecule has 1 aromatic heterocycles. The molecule has 0 bridgehead atoms. The first-order valence-electron chi connectivity index (χ1n) is 8.75. The molecule has 2 heterocycles. The van der Waals surface area contributed by atoms with E-state index in [0.29, 0.717) is 16.8 Å². The average molecular weight is 403 g/mol. The van der Waals surface area contributed by atoms with Crippen LogP contribution in [-0.4, -0.2) is 46.2 Å². The summed E-state index contributed by atoms with van der Waals surface area (Å²) in [6.45, 7) is -1.71. The maximum absolute atomic E-state index is 12.8. The Labute approximate surface area is 162 Å². The number of H-pyrrole nitrogens is 1. The standard InChI is InChI=1S/C19H16F3N5O2/c20-19(21,22)10-23-16(28)9-27-8-11-2-1-3-15(17(11)18(27)29)25-13-4-5-14-12(6-13)7-24-26-14/h1-7,25H,8-10H2,(H,23,28)(H,24,26). The molecule has 0 aliphatic carbocycles. The number of aromatic amines is 1. The van der Waals surface area contributed by atoms with Crippen LogP contribution in [0.15, 0.2) is 42.6 Å². The third-order valence-corrected chi connectivity index (χ3v) is 4.55. The average Bonchev–Trinajstić information content (AvgIpc) is 3.24. The molecule has 0 fully saturated rings. The molecular formula is C19H16F3N5O2. The number of benzene rings is 2. The van der Waals surface area contributed by atoms with Crippen molar-refractivity contribution in [1.82, 2.24) is 20.4 Å². The van der Waals surface area contributed by atoms with Crippen LogP contribution in [0.2, 0.25) is 0 Å². The van der Waals surface area contributed by atoms with Gasteiger partial charge < -0.3 is 15.5 Å². The molecule has 1 aliphatic rings. The van der Waals surface area contributed by atoms with Gasteiger partial charge in [-0.15, -0.1) is 0 Å².